The molecule has 0 saturated carbocycles. The van der Waals surface area contributed by atoms with Crippen molar-refractivity contribution < 1.29 is 24.0 Å². The van der Waals surface area contributed by atoms with Crippen molar-refractivity contribution in [3.05, 3.63) is 58.0 Å². The highest BCUT2D eigenvalue weighted by Gasteiger charge is 2.18. The smallest absolute Gasteiger partial charge is 0.337 e. The van der Waals surface area contributed by atoms with E-state index in [9.17, 15) is 19.7 Å². The second kappa shape index (κ2) is 5.22. The number of benzene rings is 1. The summed E-state index contributed by atoms with van der Waals surface area (Å²) in [4.78, 5) is 32.8. The van der Waals surface area contributed by atoms with Gasteiger partial charge in [0.25, 0.3) is 11.6 Å². The minimum atomic E-state index is -1.30. The van der Waals surface area contributed by atoms with Crippen molar-refractivity contribution in [1.29, 1.82) is 0 Å². The number of carbonyl (C=O) groups excluding carboxylic acids is 1. The van der Waals surface area contributed by atoms with Crippen molar-refractivity contribution in [2.24, 2.45) is 0 Å². The standard InChI is InChI=1S/C12H8N2O6/c15-11(7-3-4-20-6-7)13-10-5-8(14(18)19)1-2-9(10)12(16)17/h1-6H,(H,13,15)(H,16,17). The highest BCUT2D eigenvalue weighted by atomic mass is 16.6. The molecule has 1 aromatic heterocycles. The molecule has 2 rings (SSSR count). The monoisotopic (exact) mass is 276 g/mol. The van der Waals surface area contributed by atoms with Crippen LogP contribution >= 0.6 is 0 Å². The number of carboxylic acids is 1. The SMILES string of the molecule is O=C(Nc1cc([N+](=O)[O-])ccc1C(=O)O)c1ccoc1. The van der Waals surface area contributed by atoms with Crippen molar-refractivity contribution in [1.82, 2.24) is 0 Å². The van der Waals surface area contributed by atoms with E-state index >= 15 is 0 Å². The summed E-state index contributed by atoms with van der Waals surface area (Å²) in [6, 6.07) is 4.48. The van der Waals surface area contributed by atoms with Crippen LogP contribution in [-0.2, 0) is 0 Å². The van der Waals surface area contributed by atoms with E-state index in [0.717, 1.165) is 18.2 Å². The lowest BCUT2D eigenvalue weighted by Gasteiger charge is -2.07. The molecule has 102 valence electrons. The minimum Gasteiger partial charge on any atom is -0.478 e. The lowest BCUT2D eigenvalue weighted by Crippen LogP contribution is -2.14. The van der Waals surface area contributed by atoms with Crippen molar-refractivity contribution in [2.45, 2.75) is 0 Å². The summed E-state index contributed by atoms with van der Waals surface area (Å²) < 4.78 is 4.73. The number of carboxylic acid groups (broad SMARTS) is 1. The van der Waals surface area contributed by atoms with Gasteiger partial charge in [0, 0.05) is 12.1 Å². The molecule has 0 radical (unpaired) electrons. The fourth-order valence-corrected chi connectivity index (χ4v) is 1.52. The number of rotatable bonds is 4. The Balaban J connectivity index is 2.37. The number of hydrogen-bond acceptors (Lipinski definition) is 5. The topological polar surface area (TPSA) is 123 Å². The van der Waals surface area contributed by atoms with Crippen molar-refractivity contribution >= 4 is 23.3 Å². The summed E-state index contributed by atoms with van der Waals surface area (Å²) in [6.45, 7) is 0. The van der Waals surface area contributed by atoms with E-state index in [-0.39, 0.29) is 22.5 Å². The summed E-state index contributed by atoms with van der Waals surface area (Å²) in [5, 5.41) is 22.0. The molecule has 0 atom stereocenters. The molecule has 0 fully saturated rings. The zero-order valence-electron chi connectivity index (χ0n) is 9.90. The van der Waals surface area contributed by atoms with E-state index in [0.29, 0.717) is 0 Å². The van der Waals surface area contributed by atoms with Gasteiger partial charge in [-0.05, 0) is 12.1 Å². The van der Waals surface area contributed by atoms with E-state index in [2.05, 4.69) is 5.32 Å². The van der Waals surface area contributed by atoms with E-state index in [1.807, 2.05) is 0 Å². The fraction of sp³-hybridized carbons (Fsp3) is 0. The number of furan rings is 1. The Kier molecular flexibility index (Phi) is 3.47. The van der Waals surface area contributed by atoms with Crippen LogP contribution in [0.25, 0.3) is 0 Å². The molecule has 20 heavy (non-hydrogen) atoms. The van der Waals surface area contributed by atoms with Gasteiger partial charge in [0.1, 0.15) is 6.26 Å². The lowest BCUT2D eigenvalue weighted by atomic mass is 10.1. The van der Waals surface area contributed by atoms with E-state index in [4.69, 9.17) is 9.52 Å². The number of hydrogen-bond donors (Lipinski definition) is 2. The summed E-state index contributed by atoms with van der Waals surface area (Å²) >= 11 is 0. The van der Waals surface area contributed by atoms with Crippen LogP contribution in [0.3, 0.4) is 0 Å². The van der Waals surface area contributed by atoms with Crippen LogP contribution in [0.4, 0.5) is 11.4 Å². The number of nitro benzene ring substituents is 1. The van der Waals surface area contributed by atoms with E-state index < -0.39 is 16.8 Å². The van der Waals surface area contributed by atoms with E-state index in [1.54, 1.807) is 0 Å². The van der Waals surface area contributed by atoms with Crippen molar-refractivity contribution in [3.63, 3.8) is 0 Å². The van der Waals surface area contributed by atoms with Crippen LogP contribution in [0, 0.1) is 10.1 Å². The molecule has 8 nitrogen and oxygen atoms in total. The molecule has 0 aliphatic heterocycles. The molecule has 1 heterocycles. The molecule has 0 bridgehead atoms. The third kappa shape index (κ3) is 2.64. The van der Waals surface area contributed by atoms with Gasteiger partial charge in [-0.1, -0.05) is 0 Å². The molecule has 0 saturated heterocycles. The zero-order chi connectivity index (χ0) is 14.7. The first kappa shape index (κ1) is 13.3. The van der Waals surface area contributed by atoms with Crippen molar-refractivity contribution in [2.75, 3.05) is 5.32 Å². The maximum atomic E-state index is 11.8. The number of aromatic carboxylic acids is 1. The normalized spacial score (nSPS) is 10.0. The molecule has 0 aliphatic rings. The van der Waals surface area contributed by atoms with Crippen LogP contribution in [-0.4, -0.2) is 21.9 Å². The summed E-state index contributed by atoms with van der Waals surface area (Å²) in [7, 11) is 0. The molecule has 0 unspecified atom stereocenters. The third-order valence-electron chi connectivity index (χ3n) is 2.48. The average molecular weight is 276 g/mol. The second-order valence-electron chi connectivity index (χ2n) is 3.76. The summed E-state index contributed by atoms with van der Waals surface area (Å²) in [5.41, 5.74) is -0.546. The zero-order valence-corrected chi connectivity index (χ0v) is 9.90. The van der Waals surface area contributed by atoms with Gasteiger partial charge in [0.15, 0.2) is 0 Å². The Hall–Kier alpha value is -3.16. The van der Waals surface area contributed by atoms with Gasteiger partial charge in [-0.25, -0.2) is 4.79 Å². The van der Waals surface area contributed by atoms with Crippen molar-refractivity contribution in [3.8, 4) is 0 Å². The summed E-state index contributed by atoms with van der Waals surface area (Å²) in [6.07, 6.45) is 2.45. The molecule has 0 aliphatic carbocycles. The van der Waals surface area contributed by atoms with Gasteiger partial charge < -0.3 is 14.8 Å². The van der Waals surface area contributed by atoms with Gasteiger partial charge in [-0.15, -0.1) is 0 Å². The highest BCUT2D eigenvalue weighted by molar-refractivity contribution is 6.07. The second-order valence-corrected chi connectivity index (χ2v) is 3.76. The Morgan fingerprint density at radius 3 is 2.60 bits per heavy atom. The Labute approximate surface area is 111 Å². The van der Waals surface area contributed by atoms with Gasteiger partial charge in [0.05, 0.1) is 28.0 Å². The molecule has 8 heteroatoms. The van der Waals surface area contributed by atoms with Crippen LogP contribution in [0.15, 0.2) is 41.2 Å². The quantitative estimate of drug-likeness (QED) is 0.651. The molecule has 1 aromatic carbocycles. The number of carbonyl (C=O) groups is 2. The van der Waals surface area contributed by atoms with Gasteiger partial charge in [0.2, 0.25) is 0 Å². The Morgan fingerprint density at radius 2 is 2.05 bits per heavy atom. The molecule has 2 aromatic rings. The number of amides is 1. The average Bonchev–Trinajstić information content (AvgIpc) is 2.92. The number of nitro groups is 1. The Morgan fingerprint density at radius 1 is 1.30 bits per heavy atom. The van der Waals surface area contributed by atoms with Gasteiger partial charge in [-0.3, -0.25) is 14.9 Å². The predicted molar refractivity (Wildman–Crippen MR) is 66.7 cm³/mol. The summed E-state index contributed by atoms with van der Waals surface area (Å²) in [5.74, 6) is -1.93. The number of anilines is 1. The van der Waals surface area contributed by atoms with Gasteiger partial charge in [-0.2, -0.15) is 0 Å². The van der Waals surface area contributed by atoms with Crippen LogP contribution in [0.5, 0.6) is 0 Å². The van der Waals surface area contributed by atoms with E-state index in [1.165, 1.54) is 18.6 Å². The Bertz CT molecular complexity index is 677. The molecular formula is C12H8N2O6. The first-order valence-electron chi connectivity index (χ1n) is 5.34. The molecule has 1 amide bonds. The lowest BCUT2D eigenvalue weighted by molar-refractivity contribution is -0.384. The maximum absolute atomic E-state index is 11.8. The predicted octanol–water partition coefficient (Wildman–Crippen LogP) is 2.14. The molecule has 2 N–H and O–H groups in total. The number of nitrogens with one attached hydrogen (secondary N) is 1. The highest BCUT2D eigenvalue weighted by Crippen LogP contribution is 2.23. The first-order chi connectivity index (χ1) is 9.49. The molecule has 0 spiro atoms. The third-order valence-corrected chi connectivity index (χ3v) is 2.48. The van der Waals surface area contributed by atoms with Crippen LogP contribution < -0.4 is 5.32 Å². The fourth-order valence-electron chi connectivity index (χ4n) is 1.52. The maximum Gasteiger partial charge on any atom is 0.337 e. The van der Waals surface area contributed by atoms with Crippen LogP contribution in [0.1, 0.15) is 20.7 Å². The first-order valence-corrected chi connectivity index (χ1v) is 5.34. The van der Waals surface area contributed by atoms with Crippen LogP contribution in [0.2, 0.25) is 0 Å². The van der Waals surface area contributed by atoms with Gasteiger partial charge >= 0.3 is 5.97 Å². The minimum absolute atomic E-state index is 0.155. The largest absolute Gasteiger partial charge is 0.478 e. The number of nitrogens with zero attached hydrogens (tertiary/aromatic N) is 1. The number of non-ortho nitro benzene ring substituents is 1. The molecular weight excluding hydrogens is 268 g/mol.